The lowest BCUT2D eigenvalue weighted by molar-refractivity contribution is -0.122. The fraction of sp³-hybridized carbons (Fsp3) is 0.481. The Kier molecular flexibility index (Phi) is 8.14. The van der Waals surface area contributed by atoms with Gasteiger partial charge in [-0.05, 0) is 54.0 Å². The van der Waals surface area contributed by atoms with Gasteiger partial charge in [0.05, 0.1) is 17.8 Å². The first-order valence-corrected chi connectivity index (χ1v) is 12.2. The summed E-state index contributed by atoms with van der Waals surface area (Å²) in [6.45, 7) is 11.5. The molecular weight excluding hydrogens is 442 g/mol. The maximum Gasteiger partial charge on any atom is 0.251 e. The number of carbonyl (C=O) groups is 3. The minimum atomic E-state index is -0.706. The molecule has 188 valence electrons. The van der Waals surface area contributed by atoms with Crippen molar-refractivity contribution in [1.29, 1.82) is 0 Å². The molecule has 8 heteroatoms. The first kappa shape index (κ1) is 26.2. The van der Waals surface area contributed by atoms with Crippen LogP contribution >= 0.6 is 0 Å². The molecule has 2 aromatic rings. The Labute approximate surface area is 207 Å². The molecule has 2 heterocycles. The number of aromatic nitrogens is 1. The predicted octanol–water partition coefficient (Wildman–Crippen LogP) is 3.47. The highest BCUT2D eigenvalue weighted by atomic mass is 16.2. The highest BCUT2D eigenvalue weighted by Gasteiger charge is 2.26. The summed E-state index contributed by atoms with van der Waals surface area (Å²) in [5, 5.41) is 5.72. The van der Waals surface area contributed by atoms with Crippen LogP contribution in [-0.4, -0.2) is 41.8 Å². The molecule has 2 unspecified atom stereocenters. The lowest BCUT2D eigenvalue weighted by Crippen LogP contribution is -2.47. The van der Waals surface area contributed by atoms with Crippen LogP contribution in [0.3, 0.4) is 0 Å². The summed E-state index contributed by atoms with van der Waals surface area (Å²) in [4.78, 5) is 43.9. The fourth-order valence-electron chi connectivity index (χ4n) is 4.17. The van der Waals surface area contributed by atoms with Crippen molar-refractivity contribution in [2.24, 2.45) is 17.6 Å². The molecule has 4 N–H and O–H groups in total. The van der Waals surface area contributed by atoms with E-state index in [1.54, 1.807) is 24.4 Å². The largest absolute Gasteiger partial charge is 0.369 e. The summed E-state index contributed by atoms with van der Waals surface area (Å²) in [7, 11) is 0. The number of anilines is 2. The van der Waals surface area contributed by atoms with Gasteiger partial charge in [-0.15, -0.1) is 0 Å². The van der Waals surface area contributed by atoms with Gasteiger partial charge in [0.2, 0.25) is 11.8 Å². The van der Waals surface area contributed by atoms with Crippen LogP contribution in [0.2, 0.25) is 0 Å². The van der Waals surface area contributed by atoms with Gasteiger partial charge in [-0.25, -0.2) is 4.98 Å². The van der Waals surface area contributed by atoms with Crippen LogP contribution in [0.5, 0.6) is 0 Å². The van der Waals surface area contributed by atoms with Gasteiger partial charge in [-0.3, -0.25) is 14.4 Å². The molecule has 0 aliphatic carbocycles. The fourth-order valence-corrected chi connectivity index (χ4v) is 4.17. The number of carbonyl (C=O) groups excluding carboxylic acids is 3. The van der Waals surface area contributed by atoms with E-state index in [0.717, 1.165) is 30.8 Å². The van der Waals surface area contributed by atoms with Gasteiger partial charge < -0.3 is 21.3 Å². The number of benzene rings is 1. The third kappa shape index (κ3) is 6.81. The number of nitrogens with one attached hydrogen (secondary N) is 2. The van der Waals surface area contributed by atoms with Crippen molar-refractivity contribution in [3.63, 3.8) is 0 Å². The number of hydrogen-bond donors (Lipinski definition) is 3. The molecule has 0 saturated carbocycles. The second-order valence-corrected chi connectivity index (χ2v) is 10.6. The van der Waals surface area contributed by atoms with E-state index in [1.807, 2.05) is 36.9 Å². The SMILES string of the molecule is CC(C)C(NC(=O)c1ccc(C(C)(C)C)cc1)C(=O)Nc1ccc(N2CCCC(C(N)=O)C2)nc1. The van der Waals surface area contributed by atoms with Crippen molar-refractivity contribution in [1.82, 2.24) is 10.3 Å². The molecule has 0 spiro atoms. The first-order chi connectivity index (χ1) is 16.5. The van der Waals surface area contributed by atoms with Crippen LogP contribution in [0.15, 0.2) is 42.6 Å². The Balaban J connectivity index is 1.63. The van der Waals surface area contributed by atoms with Crippen molar-refractivity contribution in [2.75, 3.05) is 23.3 Å². The summed E-state index contributed by atoms with van der Waals surface area (Å²) in [5.41, 5.74) is 7.66. The highest BCUT2D eigenvalue weighted by molar-refractivity contribution is 6.01. The highest BCUT2D eigenvalue weighted by Crippen LogP contribution is 2.23. The molecule has 1 aromatic heterocycles. The molecule has 1 aromatic carbocycles. The molecule has 1 saturated heterocycles. The normalized spacial score (nSPS) is 17.1. The van der Waals surface area contributed by atoms with Gasteiger partial charge >= 0.3 is 0 Å². The molecule has 1 fully saturated rings. The lowest BCUT2D eigenvalue weighted by atomic mass is 9.86. The van der Waals surface area contributed by atoms with Crippen molar-refractivity contribution in [2.45, 2.75) is 58.9 Å². The zero-order valence-electron chi connectivity index (χ0n) is 21.3. The number of hydrogen-bond acceptors (Lipinski definition) is 5. The van der Waals surface area contributed by atoms with Crippen LogP contribution in [-0.2, 0) is 15.0 Å². The molecule has 3 amide bonds. The second kappa shape index (κ2) is 10.9. The van der Waals surface area contributed by atoms with Crippen molar-refractivity contribution in [3.05, 3.63) is 53.7 Å². The summed E-state index contributed by atoms with van der Waals surface area (Å²) < 4.78 is 0. The number of nitrogens with zero attached hydrogens (tertiary/aromatic N) is 2. The smallest absolute Gasteiger partial charge is 0.251 e. The molecule has 2 atom stereocenters. The molecule has 1 aliphatic heterocycles. The maximum absolute atomic E-state index is 13.0. The van der Waals surface area contributed by atoms with E-state index in [4.69, 9.17) is 5.73 Å². The number of amides is 3. The van der Waals surface area contributed by atoms with Crippen LogP contribution in [0, 0.1) is 11.8 Å². The number of piperidine rings is 1. The van der Waals surface area contributed by atoms with Crippen molar-refractivity contribution >= 4 is 29.2 Å². The molecule has 8 nitrogen and oxygen atoms in total. The van der Waals surface area contributed by atoms with Crippen LogP contribution in [0.4, 0.5) is 11.5 Å². The van der Waals surface area contributed by atoms with Crippen LogP contribution in [0.25, 0.3) is 0 Å². The van der Waals surface area contributed by atoms with Crippen LogP contribution in [0.1, 0.15) is 63.4 Å². The molecule has 1 aliphatic rings. The van der Waals surface area contributed by atoms with Gasteiger partial charge in [0, 0.05) is 18.7 Å². The summed E-state index contributed by atoms with van der Waals surface area (Å²) in [6.07, 6.45) is 3.26. The lowest BCUT2D eigenvalue weighted by Gasteiger charge is -2.32. The number of nitrogens with two attached hydrogens (primary N) is 1. The molecule has 3 rings (SSSR count). The third-order valence-corrected chi connectivity index (χ3v) is 6.41. The Hall–Kier alpha value is -3.42. The Bertz CT molecular complexity index is 1040. The van der Waals surface area contributed by atoms with Crippen molar-refractivity contribution in [3.8, 4) is 0 Å². The van der Waals surface area contributed by atoms with E-state index in [1.165, 1.54) is 0 Å². The minimum absolute atomic E-state index is 0.00348. The van der Waals surface area contributed by atoms with E-state index in [9.17, 15) is 14.4 Å². The topological polar surface area (TPSA) is 117 Å². The van der Waals surface area contributed by atoms with Gasteiger partial charge in [-0.1, -0.05) is 46.8 Å². The minimum Gasteiger partial charge on any atom is -0.369 e. The van der Waals surface area contributed by atoms with E-state index in [-0.39, 0.29) is 35.0 Å². The summed E-state index contributed by atoms with van der Waals surface area (Å²) in [6, 6.07) is 10.4. The Morgan fingerprint density at radius 1 is 1.09 bits per heavy atom. The van der Waals surface area contributed by atoms with E-state index in [2.05, 4.69) is 36.4 Å². The quantitative estimate of drug-likeness (QED) is 0.562. The van der Waals surface area contributed by atoms with E-state index < -0.39 is 6.04 Å². The zero-order chi connectivity index (χ0) is 25.8. The van der Waals surface area contributed by atoms with Gasteiger partial charge in [0.15, 0.2) is 0 Å². The number of primary amides is 1. The second-order valence-electron chi connectivity index (χ2n) is 10.6. The maximum atomic E-state index is 13.0. The average Bonchev–Trinajstić information content (AvgIpc) is 2.82. The molecule has 0 radical (unpaired) electrons. The summed E-state index contributed by atoms with van der Waals surface area (Å²) >= 11 is 0. The predicted molar refractivity (Wildman–Crippen MR) is 138 cm³/mol. The monoisotopic (exact) mass is 479 g/mol. The molecule has 0 bridgehead atoms. The number of pyridine rings is 1. The van der Waals surface area contributed by atoms with E-state index in [0.29, 0.717) is 17.8 Å². The van der Waals surface area contributed by atoms with Gasteiger partial charge in [-0.2, -0.15) is 0 Å². The van der Waals surface area contributed by atoms with Gasteiger partial charge in [0.25, 0.3) is 5.91 Å². The van der Waals surface area contributed by atoms with E-state index >= 15 is 0 Å². The van der Waals surface area contributed by atoms with Crippen LogP contribution < -0.4 is 21.3 Å². The average molecular weight is 480 g/mol. The first-order valence-electron chi connectivity index (χ1n) is 12.2. The standard InChI is InChI=1S/C27H37N5O3/c1-17(2)23(31-25(34)18-8-10-20(11-9-18)27(3,4)5)26(35)30-21-12-13-22(29-15-21)32-14-6-7-19(16-32)24(28)33/h8-13,15,17,19,23H,6-7,14,16H2,1-5H3,(H2,28,33)(H,30,35)(H,31,34). The molecular formula is C27H37N5O3. The van der Waals surface area contributed by atoms with Gasteiger partial charge in [0.1, 0.15) is 11.9 Å². The zero-order valence-corrected chi connectivity index (χ0v) is 21.3. The van der Waals surface area contributed by atoms with Crippen molar-refractivity contribution < 1.29 is 14.4 Å². The summed E-state index contributed by atoms with van der Waals surface area (Å²) in [5.74, 6) is -0.432. The Morgan fingerprint density at radius 2 is 1.77 bits per heavy atom. The molecule has 35 heavy (non-hydrogen) atoms. The Morgan fingerprint density at radius 3 is 2.31 bits per heavy atom. The number of rotatable bonds is 7. The third-order valence-electron chi connectivity index (χ3n) is 6.41.